The minimum atomic E-state index is 0.471. The molecule has 1 aromatic carbocycles. The van der Waals surface area contributed by atoms with Crippen LogP contribution >= 0.6 is 23.1 Å². The molecular weight excluding hydrogens is 348 g/mol. The summed E-state index contributed by atoms with van der Waals surface area (Å²) in [6.45, 7) is 0. The van der Waals surface area contributed by atoms with Crippen LogP contribution < -0.4 is 0 Å². The third kappa shape index (κ3) is 2.85. The highest BCUT2D eigenvalue weighted by Gasteiger charge is 2.25. The molecule has 0 bridgehead atoms. The Morgan fingerprint density at radius 1 is 1.16 bits per heavy atom. The van der Waals surface area contributed by atoms with Crippen molar-refractivity contribution in [1.82, 2.24) is 19.7 Å². The first-order chi connectivity index (χ1) is 12.4. The summed E-state index contributed by atoms with van der Waals surface area (Å²) in [5.41, 5.74) is 3.36. The molecule has 0 saturated carbocycles. The maximum Gasteiger partial charge on any atom is 0.182 e. The highest BCUT2D eigenvalue weighted by molar-refractivity contribution is 8.00. The molecule has 4 nitrogen and oxygen atoms in total. The van der Waals surface area contributed by atoms with E-state index in [9.17, 15) is 0 Å². The molecule has 3 aromatic heterocycles. The van der Waals surface area contributed by atoms with Crippen molar-refractivity contribution in [3.8, 4) is 11.4 Å². The van der Waals surface area contributed by atoms with Crippen LogP contribution in [0.15, 0.2) is 53.4 Å². The normalized spacial score (nSPS) is 14.7. The summed E-state index contributed by atoms with van der Waals surface area (Å²) in [6, 6.07) is 13.1. The van der Waals surface area contributed by atoms with E-state index in [1.54, 1.807) is 11.3 Å². The molecule has 0 spiro atoms. The Balaban J connectivity index is 1.53. The number of hydrogen-bond donors (Lipinski definition) is 0. The van der Waals surface area contributed by atoms with Gasteiger partial charge in [0.25, 0.3) is 0 Å². The van der Waals surface area contributed by atoms with Crippen LogP contribution in [0.2, 0.25) is 0 Å². The number of thioether (sulfide) groups is 1. The van der Waals surface area contributed by atoms with Crippen LogP contribution in [0.4, 0.5) is 0 Å². The maximum absolute atomic E-state index is 4.86. The summed E-state index contributed by atoms with van der Waals surface area (Å²) in [7, 11) is 0. The smallest absolute Gasteiger partial charge is 0.182 e. The Kier molecular flexibility index (Phi) is 3.79. The summed E-state index contributed by atoms with van der Waals surface area (Å²) in [4.78, 5) is 9.33. The fourth-order valence-electron chi connectivity index (χ4n) is 3.05. The molecular formula is C19H16N4S2. The Morgan fingerprint density at radius 3 is 2.92 bits per heavy atom. The summed E-state index contributed by atoms with van der Waals surface area (Å²) in [6.07, 6.45) is 2.62. The van der Waals surface area contributed by atoms with Crippen LogP contribution in [0.5, 0.6) is 0 Å². The van der Waals surface area contributed by atoms with Gasteiger partial charge in [-0.15, -0.1) is 0 Å². The predicted octanol–water partition coefficient (Wildman–Crippen LogP) is 4.43. The van der Waals surface area contributed by atoms with Crippen LogP contribution in [0.3, 0.4) is 0 Å². The van der Waals surface area contributed by atoms with Gasteiger partial charge in [0.05, 0.1) is 11.6 Å². The van der Waals surface area contributed by atoms with Crippen molar-refractivity contribution in [2.24, 2.45) is 0 Å². The Morgan fingerprint density at radius 2 is 2.12 bits per heavy atom. The van der Waals surface area contributed by atoms with Crippen molar-refractivity contribution in [2.75, 3.05) is 11.5 Å². The van der Waals surface area contributed by atoms with E-state index < -0.39 is 0 Å². The summed E-state index contributed by atoms with van der Waals surface area (Å²) < 4.78 is 2.14. The van der Waals surface area contributed by atoms with Crippen LogP contribution in [-0.4, -0.2) is 31.3 Å². The molecule has 0 amide bonds. The molecule has 0 aliphatic carbocycles. The van der Waals surface area contributed by atoms with Crippen LogP contribution in [-0.2, 0) is 6.42 Å². The molecule has 0 unspecified atom stereocenters. The van der Waals surface area contributed by atoms with Gasteiger partial charge in [-0.05, 0) is 29.1 Å². The summed E-state index contributed by atoms with van der Waals surface area (Å²) in [5.74, 6) is 4.13. The fraction of sp³-hybridized carbons (Fsp3) is 0.211. The van der Waals surface area contributed by atoms with E-state index in [-0.39, 0.29) is 0 Å². The van der Waals surface area contributed by atoms with Crippen molar-refractivity contribution < 1.29 is 0 Å². The van der Waals surface area contributed by atoms with Crippen molar-refractivity contribution in [1.29, 1.82) is 0 Å². The lowest BCUT2D eigenvalue weighted by Gasteiger charge is -2.26. The molecule has 1 saturated heterocycles. The first kappa shape index (κ1) is 15.1. The van der Waals surface area contributed by atoms with Gasteiger partial charge < -0.3 is 0 Å². The average Bonchev–Trinajstić information content (AvgIpc) is 3.24. The van der Waals surface area contributed by atoms with Crippen molar-refractivity contribution in [3.63, 3.8) is 0 Å². The lowest BCUT2D eigenvalue weighted by atomic mass is 10.1. The molecule has 25 heavy (non-hydrogen) atoms. The largest absolute Gasteiger partial charge is 0.256 e. The summed E-state index contributed by atoms with van der Waals surface area (Å²) in [5, 5.41) is 10.2. The van der Waals surface area contributed by atoms with Crippen LogP contribution in [0.25, 0.3) is 22.3 Å². The Bertz CT molecular complexity index is 1020. The predicted molar refractivity (Wildman–Crippen MR) is 104 cm³/mol. The molecule has 1 fully saturated rings. The van der Waals surface area contributed by atoms with Crippen molar-refractivity contribution >= 4 is 34.0 Å². The van der Waals surface area contributed by atoms with E-state index in [1.165, 1.54) is 10.9 Å². The highest BCUT2D eigenvalue weighted by Crippen LogP contribution is 2.31. The lowest BCUT2D eigenvalue weighted by Crippen LogP contribution is -2.25. The summed E-state index contributed by atoms with van der Waals surface area (Å²) >= 11 is 3.65. The third-order valence-electron chi connectivity index (χ3n) is 4.48. The van der Waals surface area contributed by atoms with Gasteiger partial charge in [0.15, 0.2) is 5.82 Å². The second-order valence-corrected chi connectivity index (χ2v) is 8.06. The second kappa shape index (κ2) is 6.28. The number of pyridine rings is 1. The molecule has 124 valence electrons. The maximum atomic E-state index is 4.86. The van der Waals surface area contributed by atoms with Gasteiger partial charge in [-0.2, -0.15) is 28.2 Å². The van der Waals surface area contributed by atoms with E-state index in [0.29, 0.717) is 6.04 Å². The minimum absolute atomic E-state index is 0.471. The zero-order valence-electron chi connectivity index (χ0n) is 13.5. The molecule has 1 aliphatic rings. The van der Waals surface area contributed by atoms with Gasteiger partial charge in [0, 0.05) is 40.5 Å². The molecule has 4 heterocycles. The number of benzene rings is 1. The Labute approximate surface area is 153 Å². The SMILES string of the molecule is c1cnc2cc(Cc3nc(-c4ccsc4)nn3C3CSC3)ccc2c1. The van der Waals surface area contributed by atoms with Crippen molar-refractivity contribution in [3.05, 3.63) is 64.7 Å². The van der Waals surface area contributed by atoms with E-state index in [2.05, 4.69) is 50.8 Å². The molecule has 4 aromatic rings. The topological polar surface area (TPSA) is 43.6 Å². The van der Waals surface area contributed by atoms with Crippen LogP contribution in [0.1, 0.15) is 17.4 Å². The highest BCUT2D eigenvalue weighted by atomic mass is 32.2. The molecule has 6 heteroatoms. The van der Waals surface area contributed by atoms with Gasteiger partial charge in [0.1, 0.15) is 5.82 Å². The molecule has 1 aliphatic heterocycles. The standard InChI is InChI=1S/C19H16N4S2/c1-2-14-4-3-13(8-17(14)20-6-1)9-18-21-19(15-5-7-24-10-15)22-23(18)16-11-25-12-16/h1-8,10,16H,9,11-12H2. The number of nitrogens with zero attached hydrogens (tertiary/aromatic N) is 4. The molecule has 5 rings (SSSR count). The van der Waals surface area contributed by atoms with Gasteiger partial charge in [0.2, 0.25) is 0 Å². The average molecular weight is 364 g/mol. The van der Waals surface area contributed by atoms with Gasteiger partial charge in [-0.3, -0.25) is 4.98 Å². The molecule has 0 N–H and O–H groups in total. The second-order valence-electron chi connectivity index (χ2n) is 6.21. The molecule has 0 atom stereocenters. The minimum Gasteiger partial charge on any atom is -0.256 e. The van der Waals surface area contributed by atoms with Gasteiger partial charge in [-0.25, -0.2) is 9.67 Å². The monoisotopic (exact) mass is 364 g/mol. The number of hydrogen-bond acceptors (Lipinski definition) is 5. The number of fused-ring (bicyclic) bond motifs is 1. The zero-order chi connectivity index (χ0) is 16.6. The first-order valence-corrected chi connectivity index (χ1v) is 10.4. The quantitative estimate of drug-likeness (QED) is 0.537. The van der Waals surface area contributed by atoms with Crippen LogP contribution in [0, 0.1) is 0 Å². The van der Waals surface area contributed by atoms with E-state index in [0.717, 1.165) is 40.7 Å². The number of thiophene rings is 1. The number of rotatable bonds is 4. The van der Waals surface area contributed by atoms with Gasteiger partial charge >= 0.3 is 0 Å². The van der Waals surface area contributed by atoms with E-state index >= 15 is 0 Å². The lowest BCUT2D eigenvalue weighted by molar-refractivity contribution is 0.506. The van der Waals surface area contributed by atoms with E-state index in [4.69, 9.17) is 10.1 Å². The fourth-order valence-corrected chi connectivity index (χ4v) is 4.41. The zero-order valence-corrected chi connectivity index (χ0v) is 15.1. The number of aromatic nitrogens is 4. The third-order valence-corrected chi connectivity index (χ3v) is 6.40. The molecule has 0 radical (unpaired) electrons. The van der Waals surface area contributed by atoms with Crippen molar-refractivity contribution in [2.45, 2.75) is 12.5 Å². The van der Waals surface area contributed by atoms with Gasteiger partial charge in [-0.1, -0.05) is 18.2 Å². The van der Waals surface area contributed by atoms with E-state index in [1.807, 2.05) is 24.0 Å². The first-order valence-electron chi connectivity index (χ1n) is 8.26. The Hall–Kier alpha value is -2.18.